The van der Waals surface area contributed by atoms with E-state index in [2.05, 4.69) is 0 Å². The molecule has 4 heteroatoms. The van der Waals surface area contributed by atoms with Crippen LogP contribution in [0.1, 0.15) is 11.1 Å². The van der Waals surface area contributed by atoms with E-state index in [1.807, 2.05) is 12.1 Å². The minimum atomic E-state index is 0.290. The molecule has 15 heavy (non-hydrogen) atoms. The molecule has 0 saturated heterocycles. The van der Waals surface area contributed by atoms with E-state index in [1.165, 1.54) is 5.56 Å². The van der Waals surface area contributed by atoms with Gasteiger partial charge in [0.2, 0.25) is 6.79 Å². The number of hydrogen-bond donors (Lipinski definition) is 1. The summed E-state index contributed by atoms with van der Waals surface area (Å²) < 4.78 is 15.9. The topological polar surface area (TPSA) is 53.7 Å². The average Bonchev–Trinajstić information content (AvgIpc) is 2.70. The molecule has 0 fully saturated rings. The zero-order chi connectivity index (χ0) is 10.7. The van der Waals surface area contributed by atoms with Gasteiger partial charge in [0.25, 0.3) is 0 Å². The van der Waals surface area contributed by atoms with Crippen LogP contribution in [0.3, 0.4) is 0 Å². The Morgan fingerprint density at radius 3 is 3.00 bits per heavy atom. The highest BCUT2D eigenvalue weighted by Crippen LogP contribution is 2.37. The number of methoxy groups -OCH3 is 1. The molecule has 4 nitrogen and oxygen atoms in total. The lowest BCUT2D eigenvalue weighted by atomic mass is 10.0. The van der Waals surface area contributed by atoms with Crippen molar-refractivity contribution in [3.8, 4) is 11.5 Å². The number of rotatable bonds is 4. The van der Waals surface area contributed by atoms with Gasteiger partial charge in [-0.3, -0.25) is 0 Å². The number of ether oxygens (including phenoxy) is 3. The predicted octanol–water partition coefficient (Wildman–Crippen LogP) is 1.06. The highest BCUT2D eigenvalue weighted by molar-refractivity contribution is 5.52. The van der Waals surface area contributed by atoms with Crippen molar-refractivity contribution in [2.45, 2.75) is 13.0 Å². The molecule has 2 N–H and O–H groups in total. The Morgan fingerprint density at radius 1 is 1.40 bits per heavy atom. The van der Waals surface area contributed by atoms with Gasteiger partial charge in [0.05, 0.1) is 6.61 Å². The van der Waals surface area contributed by atoms with Crippen LogP contribution in [0.25, 0.3) is 0 Å². The van der Waals surface area contributed by atoms with E-state index in [4.69, 9.17) is 19.9 Å². The summed E-state index contributed by atoms with van der Waals surface area (Å²) in [6.07, 6.45) is 0.829. The summed E-state index contributed by atoms with van der Waals surface area (Å²) in [5.41, 5.74) is 7.78. The quantitative estimate of drug-likeness (QED) is 0.805. The van der Waals surface area contributed by atoms with Gasteiger partial charge in [-0.1, -0.05) is 6.07 Å². The fourth-order valence-corrected chi connectivity index (χ4v) is 1.76. The second-order valence-corrected chi connectivity index (χ2v) is 3.41. The fraction of sp³-hybridized carbons (Fsp3) is 0.455. The summed E-state index contributed by atoms with van der Waals surface area (Å²) in [6.45, 7) is 1.44. The lowest BCUT2D eigenvalue weighted by Gasteiger charge is -2.10. The highest BCUT2D eigenvalue weighted by Gasteiger charge is 2.20. The molecule has 0 radical (unpaired) electrons. The van der Waals surface area contributed by atoms with E-state index < -0.39 is 0 Å². The largest absolute Gasteiger partial charge is 0.454 e. The normalized spacial score (nSPS) is 13.2. The first-order valence-electron chi connectivity index (χ1n) is 4.96. The third-order valence-corrected chi connectivity index (χ3v) is 2.44. The lowest BCUT2D eigenvalue weighted by Crippen LogP contribution is -2.06. The predicted molar refractivity (Wildman–Crippen MR) is 56.0 cm³/mol. The molecule has 0 bridgehead atoms. The Morgan fingerprint density at radius 2 is 2.27 bits per heavy atom. The lowest BCUT2D eigenvalue weighted by molar-refractivity contribution is 0.162. The van der Waals surface area contributed by atoms with Gasteiger partial charge in [-0.25, -0.2) is 0 Å². The van der Waals surface area contributed by atoms with Crippen LogP contribution in [0.2, 0.25) is 0 Å². The maximum atomic E-state index is 5.56. The van der Waals surface area contributed by atoms with Crippen molar-refractivity contribution in [3.63, 3.8) is 0 Å². The summed E-state index contributed by atoms with van der Waals surface area (Å²) >= 11 is 0. The molecular weight excluding hydrogens is 194 g/mol. The second-order valence-electron chi connectivity index (χ2n) is 3.41. The zero-order valence-electron chi connectivity index (χ0n) is 8.79. The van der Waals surface area contributed by atoms with Crippen molar-refractivity contribution in [1.29, 1.82) is 0 Å². The van der Waals surface area contributed by atoms with Crippen LogP contribution in [-0.2, 0) is 17.8 Å². The average molecular weight is 209 g/mol. The summed E-state index contributed by atoms with van der Waals surface area (Å²) in [6, 6.07) is 3.95. The maximum absolute atomic E-state index is 5.56. The standard InChI is InChI=1S/C11H15NO3/c1-13-6-9-8(4-5-12)2-3-10-11(9)15-7-14-10/h2-3H,4-7,12H2,1H3. The minimum Gasteiger partial charge on any atom is -0.454 e. The third-order valence-electron chi connectivity index (χ3n) is 2.44. The highest BCUT2D eigenvalue weighted by atomic mass is 16.7. The monoisotopic (exact) mass is 209 g/mol. The molecule has 0 aromatic heterocycles. The van der Waals surface area contributed by atoms with Gasteiger partial charge in [-0.15, -0.1) is 0 Å². The van der Waals surface area contributed by atoms with Crippen molar-refractivity contribution < 1.29 is 14.2 Å². The van der Waals surface area contributed by atoms with E-state index in [9.17, 15) is 0 Å². The molecule has 1 aromatic rings. The molecule has 1 aromatic carbocycles. The summed E-state index contributed by atoms with van der Waals surface area (Å²) in [7, 11) is 1.67. The van der Waals surface area contributed by atoms with Gasteiger partial charge in [0, 0.05) is 12.7 Å². The molecule has 1 aliphatic rings. The number of benzene rings is 1. The van der Waals surface area contributed by atoms with Crippen molar-refractivity contribution >= 4 is 0 Å². The molecule has 0 spiro atoms. The number of hydrogen-bond acceptors (Lipinski definition) is 4. The Balaban J connectivity index is 2.38. The number of nitrogens with two attached hydrogens (primary N) is 1. The van der Waals surface area contributed by atoms with E-state index in [0.29, 0.717) is 13.2 Å². The smallest absolute Gasteiger partial charge is 0.231 e. The first-order valence-corrected chi connectivity index (χ1v) is 4.96. The molecule has 0 amide bonds. The Hall–Kier alpha value is -1.26. The van der Waals surface area contributed by atoms with E-state index in [-0.39, 0.29) is 6.79 Å². The fourth-order valence-electron chi connectivity index (χ4n) is 1.76. The molecule has 1 aliphatic heterocycles. The van der Waals surface area contributed by atoms with E-state index >= 15 is 0 Å². The van der Waals surface area contributed by atoms with Crippen LogP contribution in [0.15, 0.2) is 12.1 Å². The zero-order valence-corrected chi connectivity index (χ0v) is 8.79. The molecule has 0 saturated carbocycles. The molecule has 0 atom stereocenters. The second kappa shape index (κ2) is 4.51. The molecular formula is C11H15NO3. The van der Waals surface area contributed by atoms with Crippen LogP contribution in [0.4, 0.5) is 0 Å². The van der Waals surface area contributed by atoms with Crippen molar-refractivity contribution in [2.75, 3.05) is 20.4 Å². The van der Waals surface area contributed by atoms with Crippen molar-refractivity contribution in [2.24, 2.45) is 5.73 Å². The van der Waals surface area contributed by atoms with Gasteiger partial charge in [0.1, 0.15) is 0 Å². The first kappa shape index (κ1) is 10.3. The first-order chi connectivity index (χ1) is 7.36. The van der Waals surface area contributed by atoms with Gasteiger partial charge in [-0.05, 0) is 24.6 Å². The summed E-state index contributed by atoms with van der Waals surface area (Å²) in [5.74, 6) is 1.60. The van der Waals surface area contributed by atoms with Gasteiger partial charge in [-0.2, -0.15) is 0 Å². The SMILES string of the molecule is COCc1c(CCN)ccc2c1OCO2. The summed E-state index contributed by atoms with van der Waals surface area (Å²) in [5, 5.41) is 0. The van der Waals surface area contributed by atoms with Crippen molar-refractivity contribution in [3.05, 3.63) is 23.3 Å². The van der Waals surface area contributed by atoms with Crippen LogP contribution in [-0.4, -0.2) is 20.4 Å². The molecule has 82 valence electrons. The van der Waals surface area contributed by atoms with E-state index in [1.54, 1.807) is 7.11 Å². The molecule has 2 rings (SSSR count). The van der Waals surface area contributed by atoms with Crippen LogP contribution < -0.4 is 15.2 Å². The molecule has 0 unspecified atom stereocenters. The third kappa shape index (κ3) is 1.91. The van der Waals surface area contributed by atoms with Crippen LogP contribution in [0.5, 0.6) is 11.5 Å². The van der Waals surface area contributed by atoms with E-state index in [0.717, 1.165) is 23.5 Å². The van der Waals surface area contributed by atoms with Gasteiger partial charge in [0.15, 0.2) is 11.5 Å². The Labute approximate surface area is 88.9 Å². The van der Waals surface area contributed by atoms with Crippen LogP contribution in [0, 0.1) is 0 Å². The Bertz CT molecular complexity index is 352. The summed E-state index contributed by atoms with van der Waals surface area (Å²) in [4.78, 5) is 0. The molecule has 0 aliphatic carbocycles. The van der Waals surface area contributed by atoms with Gasteiger partial charge >= 0.3 is 0 Å². The minimum absolute atomic E-state index is 0.290. The maximum Gasteiger partial charge on any atom is 0.231 e. The van der Waals surface area contributed by atoms with Gasteiger partial charge < -0.3 is 19.9 Å². The van der Waals surface area contributed by atoms with Crippen molar-refractivity contribution in [1.82, 2.24) is 0 Å². The van der Waals surface area contributed by atoms with Crippen LogP contribution >= 0.6 is 0 Å². The molecule has 1 heterocycles. The Kier molecular flexibility index (Phi) is 3.08. The number of fused-ring (bicyclic) bond motifs is 1.